The van der Waals surface area contributed by atoms with E-state index in [0.717, 1.165) is 11.3 Å². The Morgan fingerprint density at radius 2 is 1.45 bits per heavy atom. The maximum absolute atomic E-state index is 13.2. The van der Waals surface area contributed by atoms with E-state index in [4.69, 9.17) is 0 Å². The van der Waals surface area contributed by atoms with Crippen LogP contribution in [0, 0.1) is 6.92 Å². The summed E-state index contributed by atoms with van der Waals surface area (Å²) < 4.78 is 0. The second-order valence-electron chi connectivity index (χ2n) is 7.34. The van der Waals surface area contributed by atoms with Gasteiger partial charge in [0, 0.05) is 11.3 Å². The Balaban J connectivity index is 1.51. The minimum Gasteiger partial charge on any atom is -0.359 e. The van der Waals surface area contributed by atoms with Gasteiger partial charge in [-0.05, 0) is 54.8 Å². The Morgan fingerprint density at radius 1 is 0.788 bits per heavy atom. The molecule has 4 aromatic rings. The van der Waals surface area contributed by atoms with Gasteiger partial charge in [-0.3, -0.25) is 9.59 Å². The summed E-state index contributed by atoms with van der Waals surface area (Å²) in [5, 5.41) is 16.2. The normalized spacial score (nSPS) is 11.8. The van der Waals surface area contributed by atoms with Crippen LogP contribution in [0.25, 0.3) is 0 Å². The first-order chi connectivity index (χ1) is 16.1. The number of hydrogen-bond acceptors (Lipinski definition) is 6. The fourth-order valence-electron chi connectivity index (χ4n) is 3.06. The van der Waals surface area contributed by atoms with E-state index in [-0.39, 0.29) is 11.7 Å². The molecular formula is C26H22N4O2S. The predicted molar refractivity (Wildman–Crippen MR) is 132 cm³/mol. The van der Waals surface area contributed by atoms with Crippen LogP contribution in [0.1, 0.15) is 25.6 Å². The van der Waals surface area contributed by atoms with Crippen LogP contribution in [-0.2, 0) is 0 Å². The number of carbonyl (C=O) groups excluding carboxylic acids is 2. The maximum atomic E-state index is 13.2. The fraction of sp³-hybridized carbons (Fsp3) is 0.0769. The number of Topliss-reactive ketones (excluding diaryl/α,β-unsaturated/α-hetero) is 1. The average Bonchev–Trinajstić information content (AvgIpc) is 3.39. The lowest BCUT2D eigenvalue weighted by molar-refractivity contribution is 0.0872. The first kappa shape index (κ1) is 22.1. The molecule has 1 amide bonds. The van der Waals surface area contributed by atoms with Crippen molar-refractivity contribution in [2.45, 2.75) is 13.1 Å². The van der Waals surface area contributed by atoms with E-state index >= 15 is 0 Å². The van der Waals surface area contributed by atoms with Crippen LogP contribution >= 0.6 is 11.3 Å². The summed E-state index contributed by atoms with van der Waals surface area (Å²) in [6.07, 6.45) is -0.931. The highest BCUT2D eigenvalue weighted by Crippen LogP contribution is 2.21. The number of aryl methyl sites for hydroxylation is 1. The molecule has 0 saturated heterocycles. The van der Waals surface area contributed by atoms with Crippen molar-refractivity contribution in [3.63, 3.8) is 0 Å². The molecule has 33 heavy (non-hydrogen) atoms. The van der Waals surface area contributed by atoms with Crippen LogP contribution in [0.15, 0.2) is 107 Å². The summed E-state index contributed by atoms with van der Waals surface area (Å²) in [4.78, 5) is 26.4. The Labute approximate surface area is 196 Å². The van der Waals surface area contributed by atoms with E-state index in [2.05, 4.69) is 20.9 Å². The van der Waals surface area contributed by atoms with Crippen LogP contribution in [0.3, 0.4) is 0 Å². The second kappa shape index (κ2) is 10.5. The summed E-state index contributed by atoms with van der Waals surface area (Å²) in [5.74, 6) is -0.538. The van der Waals surface area contributed by atoms with Crippen molar-refractivity contribution in [3.05, 3.63) is 112 Å². The minimum absolute atomic E-state index is 0.229. The first-order valence-corrected chi connectivity index (χ1v) is 11.2. The number of thiophene rings is 1. The lowest BCUT2D eigenvalue weighted by atomic mass is 10.1. The molecule has 0 aliphatic rings. The molecule has 0 aliphatic heterocycles. The molecule has 2 N–H and O–H groups in total. The Bertz CT molecular complexity index is 1240. The second-order valence-corrected chi connectivity index (χ2v) is 8.29. The van der Waals surface area contributed by atoms with Gasteiger partial charge in [0.2, 0.25) is 5.78 Å². The largest absolute Gasteiger partial charge is 0.359 e. The van der Waals surface area contributed by atoms with Gasteiger partial charge in [-0.25, -0.2) is 0 Å². The van der Waals surface area contributed by atoms with Crippen molar-refractivity contribution >= 4 is 40.1 Å². The number of benzene rings is 3. The third-order valence-electron chi connectivity index (χ3n) is 4.83. The number of hydrogen-bond donors (Lipinski definition) is 2. The third kappa shape index (κ3) is 5.99. The van der Waals surface area contributed by atoms with Gasteiger partial charge in [0.25, 0.3) is 5.91 Å². The van der Waals surface area contributed by atoms with Crippen molar-refractivity contribution in [1.29, 1.82) is 0 Å². The number of nitrogens with one attached hydrogen (secondary N) is 2. The van der Waals surface area contributed by atoms with Crippen molar-refractivity contribution < 1.29 is 9.59 Å². The van der Waals surface area contributed by atoms with Crippen LogP contribution < -0.4 is 10.6 Å². The highest BCUT2D eigenvalue weighted by atomic mass is 32.1. The monoisotopic (exact) mass is 454 g/mol. The van der Waals surface area contributed by atoms with E-state index in [1.165, 1.54) is 11.3 Å². The quantitative estimate of drug-likeness (QED) is 0.181. The van der Waals surface area contributed by atoms with Gasteiger partial charge in [-0.1, -0.05) is 54.1 Å². The number of rotatable bonds is 8. The van der Waals surface area contributed by atoms with Gasteiger partial charge < -0.3 is 10.6 Å². The Kier molecular flexibility index (Phi) is 7.02. The Morgan fingerprint density at radius 3 is 2.09 bits per heavy atom. The van der Waals surface area contributed by atoms with Crippen molar-refractivity contribution in [2.75, 3.05) is 5.32 Å². The summed E-state index contributed by atoms with van der Waals surface area (Å²) in [6.45, 7) is 1.96. The summed E-state index contributed by atoms with van der Waals surface area (Å²) >= 11 is 1.32. The zero-order valence-electron chi connectivity index (χ0n) is 17.9. The molecule has 6 nitrogen and oxygen atoms in total. The molecule has 1 unspecified atom stereocenters. The molecule has 0 aliphatic carbocycles. The number of nitrogens with zero attached hydrogens (tertiary/aromatic N) is 2. The molecular weight excluding hydrogens is 432 g/mol. The SMILES string of the molecule is Cc1ccc(C(=O)C(NC(=O)c2cccs2)Nc2ccc(N=Nc3ccccc3)cc2)cc1. The lowest BCUT2D eigenvalue weighted by Gasteiger charge is -2.20. The predicted octanol–water partition coefficient (Wildman–Crippen LogP) is 6.52. The topological polar surface area (TPSA) is 82.9 Å². The number of azo groups is 1. The first-order valence-electron chi connectivity index (χ1n) is 10.4. The molecule has 3 aromatic carbocycles. The molecule has 0 fully saturated rings. The molecule has 0 radical (unpaired) electrons. The summed E-state index contributed by atoms with van der Waals surface area (Å²) in [5.41, 5.74) is 3.68. The number of anilines is 1. The van der Waals surface area contributed by atoms with E-state index in [9.17, 15) is 9.59 Å². The lowest BCUT2D eigenvalue weighted by Crippen LogP contribution is -2.46. The van der Waals surface area contributed by atoms with E-state index in [0.29, 0.717) is 21.8 Å². The van der Waals surface area contributed by atoms with Gasteiger partial charge in [0.1, 0.15) is 0 Å². The zero-order chi connectivity index (χ0) is 23.0. The van der Waals surface area contributed by atoms with Crippen molar-refractivity contribution in [3.8, 4) is 0 Å². The molecule has 0 saturated carbocycles. The average molecular weight is 455 g/mol. The van der Waals surface area contributed by atoms with Crippen molar-refractivity contribution in [1.82, 2.24) is 5.32 Å². The van der Waals surface area contributed by atoms with Crippen LogP contribution in [0.4, 0.5) is 17.1 Å². The molecule has 1 heterocycles. The van der Waals surface area contributed by atoms with E-state index in [1.54, 1.807) is 48.5 Å². The van der Waals surface area contributed by atoms with Crippen LogP contribution in [0.2, 0.25) is 0 Å². The number of amides is 1. The third-order valence-corrected chi connectivity index (χ3v) is 5.70. The molecule has 4 rings (SSSR count). The highest BCUT2D eigenvalue weighted by Gasteiger charge is 2.23. The fourth-order valence-corrected chi connectivity index (χ4v) is 3.69. The van der Waals surface area contributed by atoms with Gasteiger partial charge in [0.15, 0.2) is 6.17 Å². The summed E-state index contributed by atoms with van der Waals surface area (Å²) in [6, 6.07) is 27.4. The van der Waals surface area contributed by atoms with Gasteiger partial charge in [0.05, 0.1) is 16.3 Å². The standard InChI is InChI=1S/C26H22N4O2S/c1-18-9-11-19(12-10-18)24(31)25(28-26(32)23-8-5-17-33-23)27-20-13-15-22(16-14-20)30-29-21-6-3-2-4-7-21/h2-17,25,27H,1H3,(H,28,32). The van der Waals surface area contributed by atoms with Gasteiger partial charge in [-0.2, -0.15) is 10.2 Å². The molecule has 0 bridgehead atoms. The molecule has 1 aromatic heterocycles. The molecule has 0 spiro atoms. The van der Waals surface area contributed by atoms with Crippen LogP contribution in [0.5, 0.6) is 0 Å². The van der Waals surface area contributed by atoms with E-state index in [1.807, 2.05) is 54.8 Å². The zero-order valence-corrected chi connectivity index (χ0v) is 18.8. The summed E-state index contributed by atoms with van der Waals surface area (Å²) in [7, 11) is 0. The van der Waals surface area contributed by atoms with Crippen molar-refractivity contribution in [2.24, 2.45) is 10.2 Å². The molecule has 1 atom stereocenters. The molecule has 164 valence electrons. The number of ketones is 1. The minimum atomic E-state index is -0.931. The van der Waals surface area contributed by atoms with E-state index < -0.39 is 6.17 Å². The van der Waals surface area contributed by atoms with Gasteiger partial charge in [-0.15, -0.1) is 11.3 Å². The number of carbonyl (C=O) groups is 2. The smallest absolute Gasteiger partial charge is 0.263 e. The maximum Gasteiger partial charge on any atom is 0.263 e. The Hall–Kier alpha value is -4.10. The van der Waals surface area contributed by atoms with Gasteiger partial charge >= 0.3 is 0 Å². The van der Waals surface area contributed by atoms with Crippen LogP contribution in [-0.4, -0.2) is 17.9 Å². The molecule has 7 heteroatoms. The highest BCUT2D eigenvalue weighted by molar-refractivity contribution is 7.12.